The third-order valence-electron chi connectivity index (χ3n) is 1.79. The standard InChI is InChI=1S/C10H10ClFO2S/c1-6-4-7(11)9(5-8(6)12)15-3-2-10(13)14/h4-5H,2-3H2,1H3,(H,13,14). The summed E-state index contributed by atoms with van der Waals surface area (Å²) in [5, 5.41) is 8.90. The number of aliphatic carboxylic acids is 1. The highest BCUT2D eigenvalue weighted by Crippen LogP contribution is 2.29. The van der Waals surface area contributed by atoms with Crippen molar-refractivity contribution in [2.75, 3.05) is 5.75 Å². The number of halogens is 2. The van der Waals surface area contributed by atoms with Crippen LogP contribution in [-0.2, 0) is 4.79 Å². The Morgan fingerprint density at radius 3 is 2.87 bits per heavy atom. The third kappa shape index (κ3) is 3.72. The molecule has 0 amide bonds. The molecular formula is C10H10ClFO2S. The zero-order valence-electron chi connectivity index (χ0n) is 8.09. The van der Waals surface area contributed by atoms with Crippen molar-refractivity contribution in [2.24, 2.45) is 0 Å². The van der Waals surface area contributed by atoms with Gasteiger partial charge in [-0.3, -0.25) is 4.79 Å². The fourth-order valence-electron chi connectivity index (χ4n) is 0.987. The van der Waals surface area contributed by atoms with Gasteiger partial charge in [0.2, 0.25) is 0 Å². The van der Waals surface area contributed by atoms with Gasteiger partial charge in [-0.1, -0.05) is 11.6 Å². The topological polar surface area (TPSA) is 37.3 Å². The van der Waals surface area contributed by atoms with E-state index in [0.29, 0.717) is 21.2 Å². The van der Waals surface area contributed by atoms with Gasteiger partial charge in [-0.05, 0) is 24.6 Å². The number of carbonyl (C=O) groups is 1. The van der Waals surface area contributed by atoms with Crippen LogP contribution in [0.1, 0.15) is 12.0 Å². The van der Waals surface area contributed by atoms with E-state index in [-0.39, 0.29) is 12.2 Å². The Morgan fingerprint density at radius 2 is 2.27 bits per heavy atom. The highest BCUT2D eigenvalue weighted by Gasteiger charge is 2.07. The van der Waals surface area contributed by atoms with Crippen LogP contribution in [0.2, 0.25) is 5.02 Å². The number of carboxylic acids is 1. The summed E-state index contributed by atoms with van der Waals surface area (Å²) >= 11 is 7.13. The SMILES string of the molecule is Cc1cc(Cl)c(SCCC(=O)O)cc1F. The molecule has 0 saturated carbocycles. The molecule has 0 spiro atoms. The molecule has 0 aliphatic carbocycles. The van der Waals surface area contributed by atoms with Gasteiger partial charge < -0.3 is 5.11 Å². The maximum Gasteiger partial charge on any atom is 0.304 e. The number of hydrogen-bond donors (Lipinski definition) is 1. The van der Waals surface area contributed by atoms with Crippen LogP contribution in [0.4, 0.5) is 4.39 Å². The molecule has 5 heteroatoms. The highest BCUT2D eigenvalue weighted by molar-refractivity contribution is 7.99. The summed E-state index contributed by atoms with van der Waals surface area (Å²) in [6.45, 7) is 1.63. The Labute approximate surface area is 96.4 Å². The van der Waals surface area contributed by atoms with Crippen LogP contribution < -0.4 is 0 Å². The van der Waals surface area contributed by atoms with E-state index in [2.05, 4.69) is 0 Å². The molecule has 0 atom stereocenters. The summed E-state index contributed by atoms with van der Waals surface area (Å²) in [4.78, 5) is 10.9. The minimum Gasteiger partial charge on any atom is -0.481 e. The number of carboxylic acid groups (broad SMARTS) is 1. The second kappa shape index (κ2) is 5.37. The van der Waals surface area contributed by atoms with Gasteiger partial charge in [-0.25, -0.2) is 4.39 Å². The number of aryl methyl sites for hydroxylation is 1. The summed E-state index contributed by atoms with van der Waals surface area (Å²) in [6.07, 6.45) is 0.0382. The zero-order valence-corrected chi connectivity index (χ0v) is 9.66. The maximum atomic E-state index is 13.2. The molecule has 0 saturated heterocycles. The lowest BCUT2D eigenvalue weighted by Crippen LogP contribution is -1.96. The normalized spacial score (nSPS) is 10.3. The third-order valence-corrected chi connectivity index (χ3v) is 3.27. The maximum absolute atomic E-state index is 13.2. The lowest BCUT2D eigenvalue weighted by Gasteiger charge is -2.05. The van der Waals surface area contributed by atoms with Crippen LogP contribution >= 0.6 is 23.4 Å². The van der Waals surface area contributed by atoms with Gasteiger partial charge >= 0.3 is 5.97 Å². The van der Waals surface area contributed by atoms with Gasteiger partial charge in [-0.15, -0.1) is 11.8 Å². The summed E-state index contributed by atoms with van der Waals surface area (Å²) in [6, 6.07) is 2.88. The molecule has 0 heterocycles. The van der Waals surface area contributed by atoms with E-state index >= 15 is 0 Å². The van der Waals surface area contributed by atoms with Gasteiger partial charge in [-0.2, -0.15) is 0 Å². The van der Waals surface area contributed by atoms with Crippen molar-refractivity contribution in [3.63, 3.8) is 0 Å². The monoisotopic (exact) mass is 248 g/mol. The minimum atomic E-state index is -0.869. The minimum absolute atomic E-state index is 0.0382. The predicted molar refractivity (Wildman–Crippen MR) is 59.1 cm³/mol. The Kier molecular flexibility index (Phi) is 4.42. The summed E-state index contributed by atoms with van der Waals surface area (Å²) < 4.78 is 13.2. The smallest absolute Gasteiger partial charge is 0.304 e. The van der Waals surface area contributed by atoms with Crippen molar-refractivity contribution in [1.29, 1.82) is 0 Å². The van der Waals surface area contributed by atoms with E-state index in [1.54, 1.807) is 13.0 Å². The second-order valence-corrected chi connectivity index (χ2v) is 4.57. The largest absolute Gasteiger partial charge is 0.481 e. The van der Waals surface area contributed by atoms with E-state index in [9.17, 15) is 9.18 Å². The number of hydrogen-bond acceptors (Lipinski definition) is 2. The summed E-state index contributed by atoms with van der Waals surface area (Å²) in [5.41, 5.74) is 0.489. The zero-order chi connectivity index (χ0) is 11.4. The Morgan fingerprint density at radius 1 is 1.60 bits per heavy atom. The Hall–Kier alpha value is -0.740. The van der Waals surface area contributed by atoms with Gasteiger partial charge in [0.05, 0.1) is 11.4 Å². The molecule has 82 valence electrons. The quantitative estimate of drug-likeness (QED) is 0.831. The molecule has 1 rings (SSSR count). The molecule has 0 bridgehead atoms. The van der Waals surface area contributed by atoms with Gasteiger partial charge in [0.1, 0.15) is 5.82 Å². The molecule has 2 nitrogen and oxygen atoms in total. The van der Waals surface area contributed by atoms with Crippen LogP contribution in [0.15, 0.2) is 17.0 Å². The molecule has 0 aliphatic heterocycles. The van der Waals surface area contributed by atoms with Crippen molar-refractivity contribution in [3.8, 4) is 0 Å². The first-order valence-electron chi connectivity index (χ1n) is 4.31. The van der Waals surface area contributed by atoms with E-state index in [1.165, 1.54) is 17.8 Å². The molecule has 0 radical (unpaired) electrons. The van der Waals surface area contributed by atoms with Crippen molar-refractivity contribution in [1.82, 2.24) is 0 Å². The van der Waals surface area contributed by atoms with Gasteiger partial charge in [0.25, 0.3) is 0 Å². The van der Waals surface area contributed by atoms with Crippen LogP contribution in [0, 0.1) is 12.7 Å². The first-order chi connectivity index (χ1) is 7.00. The highest BCUT2D eigenvalue weighted by atomic mass is 35.5. The summed E-state index contributed by atoms with van der Waals surface area (Å²) in [7, 11) is 0. The van der Waals surface area contributed by atoms with Crippen molar-refractivity contribution in [3.05, 3.63) is 28.5 Å². The van der Waals surface area contributed by atoms with Gasteiger partial charge in [0, 0.05) is 10.6 Å². The number of thioether (sulfide) groups is 1. The molecule has 0 unspecified atom stereocenters. The Bertz CT molecular complexity index is 382. The molecular weight excluding hydrogens is 239 g/mol. The van der Waals surface area contributed by atoms with Crippen LogP contribution in [0.5, 0.6) is 0 Å². The fraction of sp³-hybridized carbons (Fsp3) is 0.300. The van der Waals surface area contributed by atoms with Crippen LogP contribution in [0.3, 0.4) is 0 Å². The molecule has 1 aromatic carbocycles. The molecule has 0 aliphatic rings. The second-order valence-electron chi connectivity index (χ2n) is 3.02. The molecule has 15 heavy (non-hydrogen) atoms. The summed E-state index contributed by atoms with van der Waals surface area (Å²) in [5.74, 6) is -0.805. The molecule has 1 aromatic rings. The average Bonchev–Trinajstić information content (AvgIpc) is 2.13. The van der Waals surface area contributed by atoms with Crippen molar-refractivity contribution in [2.45, 2.75) is 18.2 Å². The first-order valence-corrected chi connectivity index (χ1v) is 5.67. The number of rotatable bonds is 4. The molecule has 0 fully saturated rings. The van der Waals surface area contributed by atoms with E-state index in [0.717, 1.165) is 0 Å². The lowest BCUT2D eigenvalue weighted by atomic mass is 10.2. The van der Waals surface area contributed by atoms with Crippen LogP contribution in [-0.4, -0.2) is 16.8 Å². The van der Waals surface area contributed by atoms with E-state index < -0.39 is 5.97 Å². The van der Waals surface area contributed by atoms with E-state index in [4.69, 9.17) is 16.7 Å². The molecule has 1 N–H and O–H groups in total. The van der Waals surface area contributed by atoms with Crippen molar-refractivity contribution < 1.29 is 14.3 Å². The number of benzene rings is 1. The predicted octanol–water partition coefficient (Wildman–Crippen LogP) is 3.35. The fourth-order valence-corrected chi connectivity index (χ4v) is 2.25. The van der Waals surface area contributed by atoms with Crippen LogP contribution in [0.25, 0.3) is 0 Å². The average molecular weight is 249 g/mol. The Balaban J connectivity index is 2.69. The lowest BCUT2D eigenvalue weighted by molar-refractivity contribution is -0.136. The first kappa shape index (κ1) is 12.3. The van der Waals surface area contributed by atoms with E-state index in [1.807, 2.05) is 0 Å². The van der Waals surface area contributed by atoms with Gasteiger partial charge in [0.15, 0.2) is 0 Å². The molecule has 0 aromatic heterocycles. The van der Waals surface area contributed by atoms with Crippen molar-refractivity contribution >= 4 is 29.3 Å².